The highest BCUT2D eigenvalue weighted by molar-refractivity contribution is 5.89. The van der Waals surface area contributed by atoms with Gasteiger partial charge in [0.25, 0.3) is 0 Å². The van der Waals surface area contributed by atoms with Crippen molar-refractivity contribution in [3.8, 4) is 0 Å². The number of hydrogen-bond acceptors (Lipinski definition) is 3. The number of carbonyl (C=O) groups excluding carboxylic acids is 1. The van der Waals surface area contributed by atoms with E-state index in [-0.39, 0.29) is 11.7 Å². The number of esters is 1. The molecular formula is C10H16O3. The second-order valence-electron chi connectivity index (χ2n) is 3.43. The number of aliphatic hydroxyl groups is 1. The summed E-state index contributed by atoms with van der Waals surface area (Å²) < 4.78 is 4.57. The Hall–Kier alpha value is -0.990. The van der Waals surface area contributed by atoms with Crippen LogP contribution in [-0.4, -0.2) is 18.2 Å². The van der Waals surface area contributed by atoms with Crippen LogP contribution in [0.1, 0.15) is 32.6 Å². The van der Waals surface area contributed by atoms with E-state index in [9.17, 15) is 9.90 Å². The average Bonchev–Trinajstić information content (AvgIpc) is 2.16. The number of aliphatic hydroxyl groups excluding tert-OH is 1. The van der Waals surface area contributed by atoms with Gasteiger partial charge in [-0.15, -0.1) is 0 Å². The largest absolute Gasteiger partial charge is 0.512 e. The molecule has 0 aromatic carbocycles. The molecule has 3 heteroatoms. The van der Waals surface area contributed by atoms with E-state index in [0.29, 0.717) is 24.3 Å². The zero-order valence-corrected chi connectivity index (χ0v) is 8.17. The van der Waals surface area contributed by atoms with Crippen molar-refractivity contribution in [3.05, 3.63) is 11.3 Å². The second-order valence-corrected chi connectivity index (χ2v) is 3.43. The van der Waals surface area contributed by atoms with Crippen LogP contribution in [0.15, 0.2) is 11.3 Å². The van der Waals surface area contributed by atoms with E-state index in [1.54, 1.807) is 0 Å². The molecule has 74 valence electrons. The standard InChI is InChI=1S/C10H16O3/c1-3-7-4-5-8(9(11)6-7)10(12)13-2/h7,11H,3-6H2,1-2H3. The van der Waals surface area contributed by atoms with Crippen molar-refractivity contribution in [2.24, 2.45) is 5.92 Å². The first kappa shape index (κ1) is 10.1. The number of ether oxygens (including phenoxy) is 1. The van der Waals surface area contributed by atoms with Crippen LogP contribution in [0.2, 0.25) is 0 Å². The highest BCUT2D eigenvalue weighted by Crippen LogP contribution is 2.30. The van der Waals surface area contributed by atoms with Crippen LogP contribution in [0, 0.1) is 5.92 Å². The van der Waals surface area contributed by atoms with Crippen LogP contribution in [0.4, 0.5) is 0 Å². The van der Waals surface area contributed by atoms with Gasteiger partial charge < -0.3 is 9.84 Å². The van der Waals surface area contributed by atoms with Crippen LogP contribution in [-0.2, 0) is 9.53 Å². The van der Waals surface area contributed by atoms with Gasteiger partial charge in [0.05, 0.1) is 12.7 Å². The maximum absolute atomic E-state index is 11.1. The van der Waals surface area contributed by atoms with Crippen molar-refractivity contribution in [2.75, 3.05) is 7.11 Å². The van der Waals surface area contributed by atoms with Crippen LogP contribution in [0.5, 0.6) is 0 Å². The fraction of sp³-hybridized carbons (Fsp3) is 0.700. The SMILES string of the molecule is CCC1CCC(C(=O)OC)=C(O)C1. The molecule has 0 fully saturated rings. The van der Waals surface area contributed by atoms with E-state index in [1.165, 1.54) is 7.11 Å². The molecule has 1 N–H and O–H groups in total. The first-order chi connectivity index (χ1) is 6.19. The van der Waals surface area contributed by atoms with Gasteiger partial charge in [-0.1, -0.05) is 13.3 Å². The lowest BCUT2D eigenvalue weighted by molar-refractivity contribution is -0.136. The quantitative estimate of drug-likeness (QED) is 0.669. The molecule has 0 aromatic heterocycles. The van der Waals surface area contributed by atoms with E-state index in [1.807, 2.05) is 0 Å². The van der Waals surface area contributed by atoms with Crippen molar-refractivity contribution in [3.63, 3.8) is 0 Å². The van der Waals surface area contributed by atoms with Gasteiger partial charge in [-0.2, -0.15) is 0 Å². The summed E-state index contributed by atoms with van der Waals surface area (Å²) in [5.74, 6) is 0.366. The number of hydrogen-bond donors (Lipinski definition) is 1. The molecule has 0 aromatic rings. The first-order valence-electron chi connectivity index (χ1n) is 4.68. The summed E-state index contributed by atoms with van der Waals surface area (Å²) in [7, 11) is 1.34. The van der Waals surface area contributed by atoms with Crippen LogP contribution in [0.3, 0.4) is 0 Å². The second kappa shape index (κ2) is 4.30. The van der Waals surface area contributed by atoms with Gasteiger partial charge in [0.15, 0.2) is 0 Å². The summed E-state index contributed by atoms with van der Waals surface area (Å²) in [6.45, 7) is 2.10. The fourth-order valence-electron chi connectivity index (χ4n) is 1.68. The molecule has 0 spiro atoms. The Morgan fingerprint density at radius 2 is 2.38 bits per heavy atom. The average molecular weight is 184 g/mol. The third-order valence-corrected chi connectivity index (χ3v) is 2.64. The third-order valence-electron chi connectivity index (χ3n) is 2.64. The molecule has 1 aliphatic rings. The molecule has 0 amide bonds. The Bertz CT molecular complexity index is 230. The van der Waals surface area contributed by atoms with Crippen molar-refractivity contribution < 1.29 is 14.6 Å². The molecular weight excluding hydrogens is 168 g/mol. The molecule has 0 bridgehead atoms. The number of allylic oxidation sites excluding steroid dienone is 1. The summed E-state index contributed by atoms with van der Waals surface area (Å²) in [5, 5.41) is 9.55. The van der Waals surface area contributed by atoms with Crippen LogP contribution >= 0.6 is 0 Å². The lowest BCUT2D eigenvalue weighted by Gasteiger charge is -2.21. The predicted octanol–water partition coefficient (Wildman–Crippen LogP) is 2.18. The molecule has 0 heterocycles. The molecule has 1 rings (SSSR count). The summed E-state index contributed by atoms with van der Waals surface area (Å²) in [5.41, 5.74) is 0.465. The maximum Gasteiger partial charge on any atom is 0.337 e. The predicted molar refractivity (Wildman–Crippen MR) is 49.3 cm³/mol. The van der Waals surface area contributed by atoms with E-state index in [0.717, 1.165) is 12.8 Å². The highest BCUT2D eigenvalue weighted by atomic mass is 16.5. The molecule has 0 aliphatic heterocycles. The minimum atomic E-state index is -0.382. The lowest BCUT2D eigenvalue weighted by atomic mass is 9.86. The highest BCUT2D eigenvalue weighted by Gasteiger charge is 2.24. The summed E-state index contributed by atoms with van der Waals surface area (Å²) >= 11 is 0. The van der Waals surface area contributed by atoms with Crippen molar-refractivity contribution in [1.29, 1.82) is 0 Å². The molecule has 0 radical (unpaired) electrons. The molecule has 1 aliphatic carbocycles. The topological polar surface area (TPSA) is 46.5 Å². The van der Waals surface area contributed by atoms with Gasteiger partial charge in [0.1, 0.15) is 5.76 Å². The molecule has 0 saturated heterocycles. The first-order valence-corrected chi connectivity index (χ1v) is 4.68. The molecule has 1 atom stereocenters. The molecule has 3 nitrogen and oxygen atoms in total. The zero-order chi connectivity index (χ0) is 9.84. The van der Waals surface area contributed by atoms with Gasteiger partial charge in [0, 0.05) is 6.42 Å². The number of carbonyl (C=O) groups is 1. The maximum atomic E-state index is 11.1. The lowest BCUT2D eigenvalue weighted by Crippen LogP contribution is -2.16. The van der Waals surface area contributed by atoms with Gasteiger partial charge in [-0.05, 0) is 18.8 Å². The van der Waals surface area contributed by atoms with Gasteiger partial charge in [-0.3, -0.25) is 0 Å². The van der Waals surface area contributed by atoms with Crippen molar-refractivity contribution >= 4 is 5.97 Å². The van der Waals surface area contributed by atoms with E-state index >= 15 is 0 Å². The smallest absolute Gasteiger partial charge is 0.337 e. The Labute approximate surface area is 78.4 Å². The molecule has 13 heavy (non-hydrogen) atoms. The van der Waals surface area contributed by atoms with Gasteiger partial charge >= 0.3 is 5.97 Å². The Morgan fingerprint density at radius 1 is 1.69 bits per heavy atom. The summed E-state index contributed by atoms with van der Waals surface area (Å²) in [6, 6.07) is 0. The fourth-order valence-corrected chi connectivity index (χ4v) is 1.68. The molecule has 0 saturated carbocycles. The van der Waals surface area contributed by atoms with Crippen molar-refractivity contribution in [1.82, 2.24) is 0 Å². The number of rotatable bonds is 2. The summed E-state index contributed by atoms with van der Waals surface area (Å²) in [6.07, 6.45) is 3.31. The Morgan fingerprint density at radius 3 is 2.85 bits per heavy atom. The van der Waals surface area contributed by atoms with E-state index in [4.69, 9.17) is 0 Å². The minimum absolute atomic E-state index is 0.227. The number of methoxy groups -OCH3 is 1. The van der Waals surface area contributed by atoms with Crippen LogP contribution in [0.25, 0.3) is 0 Å². The summed E-state index contributed by atoms with van der Waals surface area (Å²) in [4.78, 5) is 11.1. The van der Waals surface area contributed by atoms with E-state index < -0.39 is 0 Å². The molecule has 1 unspecified atom stereocenters. The van der Waals surface area contributed by atoms with Gasteiger partial charge in [-0.25, -0.2) is 4.79 Å². The van der Waals surface area contributed by atoms with Crippen molar-refractivity contribution in [2.45, 2.75) is 32.6 Å². The minimum Gasteiger partial charge on any atom is -0.512 e. The third kappa shape index (κ3) is 2.23. The Balaban J connectivity index is 2.70. The monoisotopic (exact) mass is 184 g/mol. The van der Waals surface area contributed by atoms with Crippen LogP contribution < -0.4 is 0 Å². The van der Waals surface area contributed by atoms with E-state index in [2.05, 4.69) is 11.7 Å². The van der Waals surface area contributed by atoms with Gasteiger partial charge in [0.2, 0.25) is 0 Å². The zero-order valence-electron chi connectivity index (χ0n) is 8.17. The Kier molecular flexibility index (Phi) is 3.34. The normalized spacial score (nSPS) is 23.1.